The first-order valence-electron chi connectivity index (χ1n) is 6.20. The van der Waals surface area contributed by atoms with Gasteiger partial charge in [0.05, 0.1) is 19.1 Å². The molecule has 0 aliphatic carbocycles. The maximum atomic E-state index is 11.9. The van der Waals surface area contributed by atoms with Gasteiger partial charge in [0, 0.05) is 6.20 Å². The number of aromatic nitrogens is 1. The third-order valence-corrected chi connectivity index (χ3v) is 2.78. The van der Waals surface area contributed by atoms with Crippen LogP contribution in [-0.4, -0.2) is 29.1 Å². The molecule has 0 aliphatic rings. The summed E-state index contributed by atoms with van der Waals surface area (Å²) in [4.78, 5) is 26.5. The molecular weight excluding hydrogens is 272 g/mol. The van der Waals surface area contributed by atoms with Crippen LogP contribution in [-0.2, 0) is 11.2 Å². The number of nitrogens with zero attached hydrogens (tertiary/aromatic N) is 1. The van der Waals surface area contributed by atoms with E-state index in [-0.39, 0.29) is 17.9 Å². The molecule has 0 aliphatic heterocycles. The Morgan fingerprint density at radius 2 is 2.10 bits per heavy atom. The highest BCUT2D eigenvalue weighted by Crippen LogP contribution is 2.13. The minimum absolute atomic E-state index is 0.0702. The summed E-state index contributed by atoms with van der Waals surface area (Å²) in [5.41, 5.74) is 0.884. The average molecular weight is 286 g/mol. The summed E-state index contributed by atoms with van der Waals surface area (Å²) in [5, 5.41) is 11.4. The van der Waals surface area contributed by atoms with Gasteiger partial charge in [-0.15, -0.1) is 0 Å². The maximum Gasteiger partial charge on any atom is 0.337 e. The van der Waals surface area contributed by atoms with Crippen LogP contribution in [0.4, 0.5) is 5.82 Å². The molecule has 0 spiro atoms. The van der Waals surface area contributed by atoms with Gasteiger partial charge in [-0.3, -0.25) is 4.79 Å². The van der Waals surface area contributed by atoms with Crippen LogP contribution in [0.15, 0.2) is 42.6 Å². The minimum atomic E-state index is -1.06. The number of carboxylic acid groups (broad SMARTS) is 1. The SMILES string of the molecule is COc1cccc(CC(=O)Nc2ccc(C(=O)O)cn2)c1. The van der Waals surface area contributed by atoms with E-state index >= 15 is 0 Å². The van der Waals surface area contributed by atoms with Crippen molar-refractivity contribution in [2.45, 2.75) is 6.42 Å². The first-order chi connectivity index (χ1) is 10.1. The van der Waals surface area contributed by atoms with Crippen LogP contribution in [0.2, 0.25) is 0 Å². The number of carbonyl (C=O) groups excluding carboxylic acids is 1. The van der Waals surface area contributed by atoms with Gasteiger partial charge in [-0.2, -0.15) is 0 Å². The molecule has 6 nitrogen and oxygen atoms in total. The molecule has 1 aromatic carbocycles. The summed E-state index contributed by atoms with van der Waals surface area (Å²) in [6, 6.07) is 10.0. The molecule has 21 heavy (non-hydrogen) atoms. The van der Waals surface area contributed by atoms with Gasteiger partial charge in [0.2, 0.25) is 5.91 Å². The Hall–Kier alpha value is -2.89. The first-order valence-corrected chi connectivity index (χ1v) is 6.20. The van der Waals surface area contributed by atoms with E-state index in [1.165, 1.54) is 18.3 Å². The quantitative estimate of drug-likeness (QED) is 0.877. The van der Waals surface area contributed by atoms with Crippen molar-refractivity contribution in [2.24, 2.45) is 0 Å². The summed E-state index contributed by atoms with van der Waals surface area (Å²) >= 11 is 0. The molecule has 1 amide bonds. The highest BCUT2D eigenvalue weighted by Gasteiger charge is 2.07. The van der Waals surface area contributed by atoms with Crippen LogP contribution >= 0.6 is 0 Å². The van der Waals surface area contributed by atoms with E-state index in [2.05, 4.69) is 10.3 Å². The van der Waals surface area contributed by atoms with E-state index in [9.17, 15) is 9.59 Å². The lowest BCUT2D eigenvalue weighted by molar-refractivity contribution is -0.115. The Morgan fingerprint density at radius 3 is 2.71 bits per heavy atom. The molecule has 0 bridgehead atoms. The fourth-order valence-electron chi connectivity index (χ4n) is 1.75. The van der Waals surface area contributed by atoms with E-state index in [0.29, 0.717) is 11.6 Å². The second kappa shape index (κ2) is 6.51. The summed E-state index contributed by atoms with van der Waals surface area (Å²) in [5.74, 6) is -0.298. The number of amides is 1. The number of rotatable bonds is 5. The average Bonchev–Trinajstić information content (AvgIpc) is 2.47. The topological polar surface area (TPSA) is 88.5 Å². The zero-order valence-electron chi connectivity index (χ0n) is 11.4. The largest absolute Gasteiger partial charge is 0.497 e. The van der Waals surface area contributed by atoms with Crippen LogP contribution in [0.1, 0.15) is 15.9 Å². The van der Waals surface area contributed by atoms with E-state index in [1.54, 1.807) is 25.3 Å². The van der Waals surface area contributed by atoms with E-state index < -0.39 is 5.97 Å². The number of hydrogen-bond acceptors (Lipinski definition) is 4. The molecule has 2 N–H and O–H groups in total. The van der Waals surface area contributed by atoms with Crippen LogP contribution in [0, 0.1) is 0 Å². The predicted molar refractivity (Wildman–Crippen MR) is 76.5 cm³/mol. The Bertz CT molecular complexity index is 653. The van der Waals surface area contributed by atoms with Crippen molar-refractivity contribution >= 4 is 17.7 Å². The van der Waals surface area contributed by atoms with Crippen molar-refractivity contribution in [1.82, 2.24) is 4.98 Å². The van der Waals surface area contributed by atoms with E-state index in [1.807, 2.05) is 6.07 Å². The smallest absolute Gasteiger partial charge is 0.337 e. The minimum Gasteiger partial charge on any atom is -0.497 e. The molecule has 0 saturated heterocycles. The third-order valence-electron chi connectivity index (χ3n) is 2.78. The van der Waals surface area contributed by atoms with Crippen molar-refractivity contribution in [3.63, 3.8) is 0 Å². The molecule has 0 atom stereocenters. The van der Waals surface area contributed by atoms with Crippen molar-refractivity contribution in [2.75, 3.05) is 12.4 Å². The first kappa shape index (κ1) is 14.5. The van der Waals surface area contributed by atoms with Crippen molar-refractivity contribution in [3.8, 4) is 5.75 Å². The molecule has 1 aromatic heterocycles. The van der Waals surface area contributed by atoms with Gasteiger partial charge in [-0.1, -0.05) is 12.1 Å². The number of methoxy groups -OCH3 is 1. The van der Waals surface area contributed by atoms with Crippen molar-refractivity contribution in [1.29, 1.82) is 0 Å². The van der Waals surface area contributed by atoms with Gasteiger partial charge >= 0.3 is 5.97 Å². The lowest BCUT2D eigenvalue weighted by atomic mass is 10.1. The second-order valence-electron chi connectivity index (χ2n) is 4.31. The fourth-order valence-corrected chi connectivity index (χ4v) is 1.75. The molecular formula is C15H14N2O4. The Labute approximate surface area is 121 Å². The Morgan fingerprint density at radius 1 is 1.29 bits per heavy atom. The predicted octanol–water partition coefficient (Wildman–Crippen LogP) is 1.97. The Balaban J connectivity index is 1.99. The van der Waals surface area contributed by atoms with Gasteiger partial charge in [-0.25, -0.2) is 9.78 Å². The highest BCUT2D eigenvalue weighted by molar-refractivity contribution is 5.92. The molecule has 1 heterocycles. The number of hydrogen-bond donors (Lipinski definition) is 2. The number of anilines is 1. The van der Waals surface area contributed by atoms with E-state index in [4.69, 9.17) is 9.84 Å². The fraction of sp³-hybridized carbons (Fsp3) is 0.133. The van der Waals surface area contributed by atoms with Gasteiger partial charge in [-0.05, 0) is 29.8 Å². The van der Waals surface area contributed by atoms with Gasteiger partial charge in [0.1, 0.15) is 11.6 Å². The zero-order valence-corrected chi connectivity index (χ0v) is 11.4. The number of carbonyl (C=O) groups is 2. The van der Waals surface area contributed by atoms with Gasteiger partial charge < -0.3 is 15.2 Å². The maximum absolute atomic E-state index is 11.9. The number of ether oxygens (including phenoxy) is 1. The Kier molecular flexibility index (Phi) is 4.50. The van der Waals surface area contributed by atoms with E-state index in [0.717, 1.165) is 5.56 Å². The number of benzene rings is 1. The van der Waals surface area contributed by atoms with Crippen LogP contribution in [0.25, 0.3) is 0 Å². The van der Waals surface area contributed by atoms with Crippen LogP contribution in [0.3, 0.4) is 0 Å². The van der Waals surface area contributed by atoms with Gasteiger partial charge in [0.25, 0.3) is 0 Å². The standard InChI is InChI=1S/C15H14N2O4/c1-21-12-4-2-3-10(7-12)8-14(18)17-13-6-5-11(9-16-13)15(19)20/h2-7,9H,8H2,1H3,(H,19,20)(H,16,17,18). The summed E-state index contributed by atoms with van der Waals surface area (Å²) in [7, 11) is 1.56. The zero-order chi connectivity index (χ0) is 15.2. The van der Waals surface area contributed by atoms with Crippen molar-refractivity contribution < 1.29 is 19.4 Å². The third kappa shape index (κ3) is 4.04. The molecule has 0 radical (unpaired) electrons. The lowest BCUT2D eigenvalue weighted by Gasteiger charge is -2.06. The normalized spacial score (nSPS) is 9.95. The van der Waals surface area contributed by atoms with Crippen LogP contribution < -0.4 is 10.1 Å². The monoisotopic (exact) mass is 286 g/mol. The number of carboxylic acids is 1. The van der Waals surface area contributed by atoms with Gasteiger partial charge in [0.15, 0.2) is 0 Å². The summed E-state index contributed by atoms with van der Waals surface area (Å²) in [6.07, 6.45) is 1.38. The summed E-state index contributed by atoms with van der Waals surface area (Å²) < 4.78 is 5.09. The van der Waals surface area contributed by atoms with Crippen LogP contribution in [0.5, 0.6) is 5.75 Å². The molecule has 6 heteroatoms. The van der Waals surface area contributed by atoms with Crippen molar-refractivity contribution in [3.05, 3.63) is 53.7 Å². The molecule has 0 fully saturated rings. The number of aromatic carboxylic acids is 1. The number of pyridine rings is 1. The number of nitrogens with one attached hydrogen (secondary N) is 1. The molecule has 2 aromatic rings. The molecule has 2 rings (SSSR count). The molecule has 108 valence electrons. The molecule has 0 unspecified atom stereocenters. The second-order valence-corrected chi connectivity index (χ2v) is 4.31. The molecule has 0 saturated carbocycles. The summed E-state index contributed by atoms with van der Waals surface area (Å²) in [6.45, 7) is 0. The highest BCUT2D eigenvalue weighted by atomic mass is 16.5. The lowest BCUT2D eigenvalue weighted by Crippen LogP contribution is -2.15.